The van der Waals surface area contributed by atoms with Crippen LogP contribution in [0.4, 0.5) is 8.78 Å². The van der Waals surface area contributed by atoms with Crippen molar-refractivity contribution >= 4 is 5.78 Å². The van der Waals surface area contributed by atoms with Crippen molar-refractivity contribution in [3.05, 3.63) is 59.4 Å². The van der Waals surface area contributed by atoms with E-state index >= 15 is 0 Å². The van der Waals surface area contributed by atoms with Crippen molar-refractivity contribution in [3.8, 4) is 0 Å². The highest BCUT2D eigenvalue weighted by molar-refractivity contribution is 5.97. The maximum Gasteiger partial charge on any atom is 0.168 e. The number of carbonyl (C=O) groups is 1. The van der Waals surface area contributed by atoms with Crippen LogP contribution in [0, 0.1) is 11.6 Å². The highest BCUT2D eigenvalue weighted by Gasteiger charge is 2.14. The first-order valence-electron chi connectivity index (χ1n) is 4.77. The van der Waals surface area contributed by atoms with Crippen molar-refractivity contribution in [1.29, 1.82) is 0 Å². The molecule has 2 rings (SSSR count). The summed E-state index contributed by atoms with van der Waals surface area (Å²) in [6.45, 7) is 0. The smallest absolute Gasteiger partial charge is 0.168 e. The minimum atomic E-state index is -0.691. The van der Waals surface area contributed by atoms with Gasteiger partial charge in [0.1, 0.15) is 11.6 Å². The molecular weight excluding hydrogens is 212 g/mol. The summed E-state index contributed by atoms with van der Waals surface area (Å²) in [4.78, 5) is 14.3. The van der Waals surface area contributed by atoms with Crippen LogP contribution >= 0.6 is 0 Å². The number of ketones is 1. The van der Waals surface area contributed by atoms with Gasteiger partial charge in [-0.05, 0) is 18.2 Å². The molecule has 0 aliphatic carbocycles. The highest BCUT2D eigenvalue weighted by Crippen LogP contribution is 2.14. The van der Waals surface area contributed by atoms with E-state index in [0.29, 0.717) is 5.56 Å². The fraction of sp³-hybridized carbons (Fsp3) is 0.0833. The molecule has 0 unspecified atom stereocenters. The maximum absolute atomic E-state index is 13.3. The average Bonchev–Trinajstić information content (AvgIpc) is 2.76. The Bertz CT molecular complexity index is 485. The Hall–Kier alpha value is -1.97. The third-order valence-electron chi connectivity index (χ3n) is 2.32. The Morgan fingerprint density at radius 3 is 2.44 bits per heavy atom. The second-order valence-electron chi connectivity index (χ2n) is 3.40. The molecule has 0 aliphatic heterocycles. The third kappa shape index (κ3) is 2.00. The summed E-state index contributed by atoms with van der Waals surface area (Å²) in [5, 5.41) is 0. The quantitative estimate of drug-likeness (QED) is 0.794. The van der Waals surface area contributed by atoms with Crippen molar-refractivity contribution < 1.29 is 13.6 Å². The van der Waals surface area contributed by atoms with Gasteiger partial charge in [0, 0.05) is 29.9 Å². The first kappa shape index (κ1) is 10.5. The number of hydrogen-bond donors (Lipinski definition) is 1. The fourth-order valence-corrected chi connectivity index (χ4v) is 1.46. The first-order valence-corrected chi connectivity index (χ1v) is 4.77. The van der Waals surface area contributed by atoms with E-state index in [0.717, 1.165) is 12.1 Å². The number of aromatic amines is 1. The molecular formula is C12H9F2NO. The molecule has 1 aromatic heterocycles. The standard InChI is InChI=1S/C12H9F2NO/c13-10-2-1-3-11(14)9(10)6-12(16)8-4-5-15-7-8/h1-5,7,15H,6H2. The lowest BCUT2D eigenvalue weighted by atomic mass is 10.0. The number of halogens is 2. The predicted octanol–water partition coefficient (Wildman–Crippen LogP) is 2.72. The molecule has 4 heteroatoms. The van der Waals surface area contributed by atoms with Crippen molar-refractivity contribution in [2.24, 2.45) is 0 Å². The van der Waals surface area contributed by atoms with Crippen LogP contribution in [-0.2, 0) is 6.42 Å². The minimum absolute atomic E-state index is 0.186. The maximum atomic E-state index is 13.3. The lowest BCUT2D eigenvalue weighted by Gasteiger charge is -2.02. The van der Waals surface area contributed by atoms with Crippen LogP contribution in [-0.4, -0.2) is 10.8 Å². The Morgan fingerprint density at radius 1 is 1.19 bits per heavy atom. The van der Waals surface area contributed by atoms with Gasteiger partial charge >= 0.3 is 0 Å². The first-order chi connectivity index (χ1) is 7.68. The number of H-pyrrole nitrogens is 1. The summed E-state index contributed by atoms with van der Waals surface area (Å²) in [5.41, 5.74) is 0.233. The number of benzene rings is 1. The van der Waals surface area contributed by atoms with Gasteiger partial charge in [-0.3, -0.25) is 4.79 Å². The molecule has 82 valence electrons. The van der Waals surface area contributed by atoms with E-state index in [4.69, 9.17) is 0 Å². The second kappa shape index (κ2) is 4.26. The van der Waals surface area contributed by atoms with Crippen LogP contribution in [0.3, 0.4) is 0 Å². The summed E-state index contributed by atoms with van der Waals surface area (Å²) in [6, 6.07) is 5.13. The van der Waals surface area contributed by atoms with E-state index in [1.54, 1.807) is 12.3 Å². The topological polar surface area (TPSA) is 32.9 Å². The monoisotopic (exact) mass is 221 g/mol. The van der Waals surface area contributed by atoms with E-state index in [1.807, 2.05) is 0 Å². The zero-order valence-corrected chi connectivity index (χ0v) is 8.34. The highest BCUT2D eigenvalue weighted by atomic mass is 19.1. The number of hydrogen-bond acceptors (Lipinski definition) is 1. The summed E-state index contributed by atoms with van der Waals surface area (Å²) in [7, 11) is 0. The van der Waals surface area contributed by atoms with Gasteiger partial charge in [0.2, 0.25) is 0 Å². The molecule has 16 heavy (non-hydrogen) atoms. The van der Waals surface area contributed by atoms with Gasteiger partial charge in [-0.1, -0.05) is 6.07 Å². The van der Waals surface area contributed by atoms with Crippen LogP contribution in [0.2, 0.25) is 0 Å². The summed E-state index contributed by atoms with van der Waals surface area (Å²) in [6.07, 6.45) is 2.82. The Balaban J connectivity index is 2.25. The van der Waals surface area contributed by atoms with Gasteiger partial charge in [0.25, 0.3) is 0 Å². The van der Waals surface area contributed by atoms with Crippen LogP contribution in [0.25, 0.3) is 0 Å². The molecule has 0 saturated heterocycles. The SMILES string of the molecule is O=C(Cc1c(F)cccc1F)c1cc[nH]c1. The molecule has 0 radical (unpaired) electrons. The number of nitrogens with one attached hydrogen (secondary N) is 1. The molecule has 0 fully saturated rings. The molecule has 1 aromatic carbocycles. The van der Waals surface area contributed by atoms with Crippen LogP contribution in [0.1, 0.15) is 15.9 Å². The Morgan fingerprint density at radius 2 is 1.88 bits per heavy atom. The molecule has 2 aromatic rings. The largest absolute Gasteiger partial charge is 0.367 e. The normalized spacial score (nSPS) is 10.4. The van der Waals surface area contributed by atoms with Gasteiger partial charge in [0.15, 0.2) is 5.78 Å². The van der Waals surface area contributed by atoms with Gasteiger partial charge in [-0.15, -0.1) is 0 Å². The molecule has 0 saturated carbocycles. The van der Waals surface area contributed by atoms with Gasteiger partial charge < -0.3 is 4.98 Å². The summed E-state index contributed by atoms with van der Waals surface area (Å²) >= 11 is 0. The zero-order valence-electron chi connectivity index (χ0n) is 8.34. The molecule has 1 N–H and O–H groups in total. The van der Waals surface area contributed by atoms with Gasteiger partial charge in [-0.25, -0.2) is 8.78 Å². The zero-order chi connectivity index (χ0) is 11.5. The minimum Gasteiger partial charge on any atom is -0.367 e. The number of carbonyl (C=O) groups excluding carboxylic acids is 1. The lowest BCUT2D eigenvalue weighted by molar-refractivity contribution is 0.0990. The summed E-state index contributed by atoms with van der Waals surface area (Å²) in [5.74, 6) is -1.70. The molecule has 0 amide bonds. The fourth-order valence-electron chi connectivity index (χ4n) is 1.46. The van der Waals surface area contributed by atoms with E-state index in [2.05, 4.69) is 4.98 Å². The predicted molar refractivity (Wildman–Crippen MR) is 55.2 cm³/mol. The van der Waals surface area contributed by atoms with Gasteiger partial charge in [-0.2, -0.15) is 0 Å². The molecule has 0 aliphatic rings. The third-order valence-corrected chi connectivity index (χ3v) is 2.32. The van der Waals surface area contributed by atoms with E-state index in [1.165, 1.54) is 12.3 Å². The lowest BCUT2D eigenvalue weighted by Crippen LogP contribution is -2.06. The number of Topliss-reactive ketones (excluding diaryl/α,β-unsaturated/α-hetero) is 1. The Kier molecular flexibility index (Phi) is 2.81. The van der Waals surface area contributed by atoms with E-state index < -0.39 is 11.6 Å². The molecule has 1 heterocycles. The molecule has 2 nitrogen and oxygen atoms in total. The number of aromatic nitrogens is 1. The van der Waals surface area contributed by atoms with Crippen molar-refractivity contribution in [1.82, 2.24) is 4.98 Å². The van der Waals surface area contributed by atoms with E-state index in [9.17, 15) is 13.6 Å². The number of rotatable bonds is 3. The van der Waals surface area contributed by atoms with Gasteiger partial charge in [0.05, 0.1) is 0 Å². The van der Waals surface area contributed by atoms with Crippen LogP contribution in [0.5, 0.6) is 0 Å². The second-order valence-corrected chi connectivity index (χ2v) is 3.40. The van der Waals surface area contributed by atoms with Crippen LogP contribution < -0.4 is 0 Å². The van der Waals surface area contributed by atoms with Crippen molar-refractivity contribution in [2.75, 3.05) is 0 Å². The Labute approximate surface area is 90.9 Å². The van der Waals surface area contributed by atoms with Crippen LogP contribution in [0.15, 0.2) is 36.7 Å². The molecule has 0 bridgehead atoms. The van der Waals surface area contributed by atoms with Crippen molar-refractivity contribution in [3.63, 3.8) is 0 Å². The van der Waals surface area contributed by atoms with E-state index in [-0.39, 0.29) is 17.8 Å². The molecule has 0 atom stereocenters. The van der Waals surface area contributed by atoms with Crippen molar-refractivity contribution in [2.45, 2.75) is 6.42 Å². The average molecular weight is 221 g/mol. The molecule has 0 spiro atoms. The summed E-state index contributed by atoms with van der Waals surface area (Å²) < 4.78 is 26.5.